The van der Waals surface area contributed by atoms with Crippen LogP contribution >= 0.6 is 9.47 Å². The van der Waals surface area contributed by atoms with Gasteiger partial charge in [-0.3, -0.25) is 0 Å². The van der Waals surface area contributed by atoms with E-state index in [1.807, 2.05) is 0 Å². The van der Waals surface area contributed by atoms with Gasteiger partial charge in [0.15, 0.2) is 0 Å². The van der Waals surface area contributed by atoms with Crippen molar-refractivity contribution in [1.29, 1.82) is 0 Å². The van der Waals surface area contributed by atoms with Crippen molar-refractivity contribution < 1.29 is 14.7 Å². The van der Waals surface area contributed by atoms with E-state index < -0.39 is 11.7 Å². The van der Waals surface area contributed by atoms with Crippen molar-refractivity contribution in [3.8, 4) is 0 Å². The van der Waals surface area contributed by atoms with Gasteiger partial charge in [-0.25, -0.2) is 0 Å². The van der Waals surface area contributed by atoms with Crippen molar-refractivity contribution in [1.82, 2.24) is 0 Å². The maximum atomic E-state index is 10.6. The molecule has 3 nitrogen and oxygen atoms in total. The Kier molecular flexibility index (Phi) is 31.5. The van der Waals surface area contributed by atoms with E-state index in [4.69, 9.17) is 4.52 Å². The average molecular weight is 573 g/mol. The highest BCUT2D eigenvalue weighted by Crippen LogP contribution is 2.33. The molecule has 0 aliphatic rings. The zero-order valence-corrected chi connectivity index (χ0v) is 28.0. The fraction of sp³-hybridized carbons (Fsp3) is 1.00. The normalized spacial score (nSPS) is 12.8. The van der Waals surface area contributed by atoms with Crippen molar-refractivity contribution >= 4 is 9.47 Å². The number of unbranched alkanes of at least 4 members (excludes halogenated alkanes) is 26. The first-order valence-electron chi connectivity index (χ1n) is 17.8. The molecule has 0 aromatic heterocycles. The van der Waals surface area contributed by atoms with Crippen molar-refractivity contribution in [3.05, 3.63) is 0 Å². The van der Waals surface area contributed by atoms with E-state index in [-0.39, 0.29) is 6.61 Å². The molecule has 0 spiro atoms. The average Bonchev–Trinajstić information content (AvgIpc) is 2.96. The maximum Gasteiger partial charge on any atom is 0.106 e. The molecule has 0 aromatic rings. The molecule has 2 unspecified atom stereocenters. The lowest BCUT2D eigenvalue weighted by Crippen LogP contribution is -2.45. The maximum absolute atomic E-state index is 10.6. The fourth-order valence-electron chi connectivity index (χ4n) is 6.06. The van der Waals surface area contributed by atoms with Crippen LogP contribution in [0.15, 0.2) is 0 Å². The van der Waals surface area contributed by atoms with Gasteiger partial charge in [-0.15, -0.1) is 0 Å². The molecule has 0 radical (unpaired) electrons. The summed E-state index contributed by atoms with van der Waals surface area (Å²) in [6.45, 7) is 4.35. The van der Waals surface area contributed by atoms with Gasteiger partial charge in [0.25, 0.3) is 0 Å². The third kappa shape index (κ3) is 24.6. The second-order valence-electron chi connectivity index (χ2n) is 12.6. The van der Waals surface area contributed by atoms with Crippen LogP contribution in [0.3, 0.4) is 0 Å². The molecule has 0 saturated heterocycles. The lowest BCUT2D eigenvalue weighted by atomic mass is 9.85. The van der Waals surface area contributed by atoms with Gasteiger partial charge < -0.3 is 14.7 Å². The molecule has 39 heavy (non-hydrogen) atoms. The van der Waals surface area contributed by atoms with E-state index in [0.29, 0.717) is 0 Å². The minimum atomic E-state index is -0.793. The van der Waals surface area contributed by atoms with Gasteiger partial charge >= 0.3 is 0 Å². The smallest absolute Gasteiger partial charge is 0.106 e. The number of rotatable bonds is 33. The van der Waals surface area contributed by atoms with Crippen LogP contribution in [0.1, 0.15) is 206 Å². The van der Waals surface area contributed by atoms with E-state index in [0.717, 1.165) is 25.7 Å². The Hall–Kier alpha value is 0.310. The largest absolute Gasteiger partial charge is 0.394 e. The second-order valence-corrected chi connectivity index (χ2v) is 12.8. The summed E-state index contributed by atoms with van der Waals surface area (Å²) in [5.74, 6) is 0. The third-order valence-electron chi connectivity index (χ3n) is 8.92. The molecule has 0 aromatic carbocycles. The summed E-state index contributed by atoms with van der Waals surface area (Å²) in [7, 11) is 2.39. The lowest BCUT2D eigenvalue weighted by molar-refractivity contribution is -0.0799. The van der Waals surface area contributed by atoms with E-state index in [1.165, 1.54) is 167 Å². The predicted octanol–water partition coefficient (Wildman–Crippen LogP) is 11.6. The van der Waals surface area contributed by atoms with Crippen LogP contribution in [-0.4, -0.2) is 28.5 Å². The lowest BCUT2D eigenvalue weighted by Gasteiger charge is -2.36. The Morgan fingerprint density at radius 2 is 0.692 bits per heavy atom. The highest BCUT2D eigenvalue weighted by Gasteiger charge is 2.36. The summed E-state index contributed by atoms with van der Waals surface area (Å²) in [5.41, 5.74) is -0.603. The number of hydrogen-bond donors (Lipinski definition) is 2. The van der Waals surface area contributed by atoms with Gasteiger partial charge in [0.2, 0.25) is 0 Å². The van der Waals surface area contributed by atoms with E-state index >= 15 is 0 Å². The number of hydrogen-bond acceptors (Lipinski definition) is 3. The Morgan fingerprint density at radius 3 is 0.897 bits per heavy atom. The highest BCUT2D eigenvalue weighted by molar-refractivity contribution is 7.09. The standard InChI is InChI=1S/C35H73O3P/c1-3-5-7-9-11-13-15-17-19-21-23-25-27-29-31-35(38-39,34(37)33-36)32-30-28-26-24-22-20-18-16-14-12-10-8-6-4-2/h34,36-37H,3-33,39H2,1-2H3. The van der Waals surface area contributed by atoms with Gasteiger partial charge in [0, 0.05) is 9.47 Å². The molecule has 4 heteroatoms. The van der Waals surface area contributed by atoms with Crippen LogP contribution in [0.4, 0.5) is 0 Å². The minimum Gasteiger partial charge on any atom is -0.394 e. The van der Waals surface area contributed by atoms with Crippen LogP contribution in [-0.2, 0) is 4.52 Å². The monoisotopic (exact) mass is 573 g/mol. The summed E-state index contributed by atoms with van der Waals surface area (Å²) in [6, 6.07) is 0. The summed E-state index contributed by atoms with van der Waals surface area (Å²) in [6.07, 6.45) is 38.7. The molecule has 0 saturated carbocycles. The zero-order valence-electron chi connectivity index (χ0n) is 26.9. The van der Waals surface area contributed by atoms with Crippen molar-refractivity contribution in [2.75, 3.05) is 6.61 Å². The quantitative estimate of drug-likeness (QED) is 0.0607. The first-order chi connectivity index (χ1) is 19.2. The summed E-state index contributed by atoms with van der Waals surface area (Å²) < 4.78 is 5.82. The highest BCUT2D eigenvalue weighted by atomic mass is 31.0. The predicted molar refractivity (Wildman–Crippen MR) is 176 cm³/mol. The molecule has 0 bridgehead atoms. The van der Waals surface area contributed by atoms with E-state index in [2.05, 4.69) is 23.3 Å². The Bertz CT molecular complexity index is 427. The molecule has 0 heterocycles. The number of aliphatic hydroxyl groups is 2. The molecule has 0 rings (SSSR count). The molecule has 0 amide bonds. The fourth-order valence-corrected chi connectivity index (χ4v) is 6.45. The molecular weight excluding hydrogens is 499 g/mol. The molecule has 2 atom stereocenters. The van der Waals surface area contributed by atoms with Crippen molar-refractivity contribution in [3.63, 3.8) is 0 Å². The molecule has 0 fully saturated rings. The summed E-state index contributed by atoms with van der Waals surface area (Å²) in [4.78, 5) is 0. The molecular formula is C35H73O3P. The summed E-state index contributed by atoms with van der Waals surface area (Å²) >= 11 is 0. The van der Waals surface area contributed by atoms with E-state index in [1.54, 1.807) is 0 Å². The van der Waals surface area contributed by atoms with Gasteiger partial charge in [-0.1, -0.05) is 194 Å². The third-order valence-corrected chi connectivity index (χ3v) is 9.39. The Morgan fingerprint density at radius 1 is 0.462 bits per heavy atom. The molecule has 236 valence electrons. The molecule has 0 aliphatic heterocycles. The number of aliphatic hydroxyl groups excluding tert-OH is 2. The first kappa shape index (κ1) is 39.3. The van der Waals surface area contributed by atoms with Crippen LogP contribution < -0.4 is 0 Å². The van der Waals surface area contributed by atoms with Crippen LogP contribution in [0, 0.1) is 0 Å². The van der Waals surface area contributed by atoms with E-state index in [9.17, 15) is 10.2 Å². The van der Waals surface area contributed by atoms with Gasteiger partial charge in [0.05, 0.1) is 12.2 Å². The second kappa shape index (κ2) is 31.3. The topological polar surface area (TPSA) is 49.7 Å². The Labute approximate surface area is 248 Å². The molecule has 0 aliphatic carbocycles. The summed E-state index contributed by atoms with van der Waals surface area (Å²) in [5, 5.41) is 20.3. The zero-order chi connectivity index (χ0) is 28.7. The first-order valence-corrected chi connectivity index (χ1v) is 18.3. The molecule has 2 N–H and O–H groups in total. The minimum absolute atomic E-state index is 0.217. The van der Waals surface area contributed by atoms with Gasteiger partial charge in [-0.2, -0.15) is 0 Å². The van der Waals surface area contributed by atoms with Gasteiger partial charge in [0.1, 0.15) is 6.10 Å². The van der Waals surface area contributed by atoms with Crippen LogP contribution in [0.5, 0.6) is 0 Å². The van der Waals surface area contributed by atoms with Crippen molar-refractivity contribution in [2.45, 2.75) is 218 Å². The van der Waals surface area contributed by atoms with Gasteiger partial charge in [-0.05, 0) is 12.8 Å². The van der Waals surface area contributed by atoms with Crippen molar-refractivity contribution in [2.24, 2.45) is 0 Å². The Balaban J connectivity index is 3.80. The van der Waals surface area contributed by atoms with Crippen LogP contribution in [0.25, 0.3) is 0 Å². The van der Waals surface area contributed by atoms with Crippen LogP contribution in [0.2, 0.25) is 0 Å². The SMILES string of the molecule is CCCCCCCCCCCCCCCCC(CCCCCCCCCCCCCCCC)(OP)C(O)CO.